The molecule has 1 heterocycles. The van der Waals surface area contributed by atoms with Crippen LogP contribution in [-0.2, 0) is 18.0 Å². The number of benzene rings is 1. The summed E-state index contributed by atoms with van der Waals surface area (Å²) < 4.78 is 9.50. The highest BCUT2D eigenvalue weighted by Crippen LogP contribution is 2.03. The predicted molar refractivity (Wildman–Crippen MR) is 54.8 cm³/mol. The zero-order chi connectivity index (χ0) is 9.64. The van der Waals surface area contributed by atoms with Crippen molar-refractivity contribution in [1.29, 1.82) is 0 Å². The molecule has 0 unspecified atom stereocenters. The van der Waals surface area contributed by atoms with Gasteiger partial charge in [0.05, 0.1) is 6.61 Å². The number of nitrogens with zero attached hydrogens (tertiary/aromatic N) is 2. The van der Waals surface area contributed by atoms with Gasteiger partial charge in [0.1, 0.15) is 12.1 Å². The van der Waals surface area contributed by atoms with Crippen molar-refractivity contribution < 1.29 is 4.74 Å². The van der Waals surface area contributed by atoms with Gasteiger partial charge in [0.2, 0.25) is 0 Å². The summed E-state index contributed by atoms with van der Waals surface area (Å²) in [6.45, 7) is 1.10. The van der Waals surface area contributed by atoms with Crippen LogP contribution in [0.15, 0.2) is 35.8 Å². The molecule has 3 nitrogen and oxygen atoms in total. The van der Waals surface area contributed by atoms with Crippen molar-refractivity contribution in [3.8, 4) is 0 Å². The Balaban J connectivity index is 1.79. The first-order valence-electron chi connectivity index (χ1n) is 4.32. The largest absolute Gasteiger partial charge is 0.369 e. The minimum atomic E-state index is 0.485. The van der Waals surface area contributed by atoms with Crippen LogP contribution < -0.4 is 0 Å². The summed E-state index contributed by atoms with van der Waals surface area (Å²) >= 11 is 1.34. The SMILES string of the molecule is c1ccc(COCc2ncsn2)cc1. The summed E-state index contributed by atoms with van der Waals surface area (Å²) in [7, 11) is 0. The number of ether oxygens (including phenoxy) is 1. The lowest BCUT2D eigenvalue weighted by atomic mass is 10.2. The Morgan fingerprint density at radius 2 is 2.00 bits per heavy atom. The number of hydrogen-bond donors (Lipinski definition) is 0. The Morgan fingerprint density at radius 1 is 1.14 bits per heavy atom. The average Bonchev–Trinajstić information content (AvgIpc) is 2.72. The van der Waals surface area contributed by atoms with Crippen LogP contribution in [0.5, 0.6) is 0 Å². The van der Waals surface area contributed by atoms with E-state index >= 15 is 0 Å². The van der Waals surface area contributed by atoms with Gasteiger partial charge in [-0.3, -0.25) is 0 Å². The summed E-state index contributed by atoms with van der Waals surface area (Å²) in [6, 6.07) is 10.1. The van der Waals surface area contributed by atoms with Crippen molar-refractivity contribution in [3.63, 3.8) is 0 Å². The third-order valence-corrected chi connectivity index (χ3v) is 2.27. The van der Waals surface area contributed by atoms with E-state index in [-0.39, 0.29) is 0 Å². The molecule has 0 spiro atoms. The summed E-state index contributed by atoms with van der Waals surface area (Å²) in [5.41, 5.74) is 2.88. The van der Waals surface area contributed by atoms with Crippen LogP contribution in [0.25, 0.3) is 0 Å². The van der Waals surface area contributed by atoms with E-state index < -0.39 is 0 Å². The predicted octanol–water partition coefficient (Wildman–Crippen LogP) is 2.25. The number of rotatable bonds is 4. The van der Waals surface area contributed by atoms with Gasteiger partial charge in [0.15, 0.2) is 5.82 Å². The Labute approximate surface area is 86.6 Å². The van der Waals surface area contributed by atoms with E-state index in [1.54, 1.807) is 5.51 Å². The normalized spacial score (nSPS) is 10.3. The molecule has 0 radical (unpaired) electrons. The van der Waals surface area contributed by atoms with Gasteiger partial charge < -0.3 is 4.74 Å². The van der Waals surface area contributed by atoms with E-state index in [2.05, 4.69) is 9.36 Å². The van der Waals surface area contributed by atoms with E-state index in [9.17, 15) is 0 Å². The van der Waals surface area contributed by atoms with Crippen molar-refractivity contribution in [1.82, 2.24) is 9.36 Å². The summed E-state index contributed by atoms with van der Waals surface area (Å²) in [6.07, 6.45) is 0. The third kappa shape index (κ3) is 2.61. The highest BCUT2D eigenvalue weighted by Gasteiger charge is 1.96. The van der Waals surface area contributed by atoms with E-state index in [0.717, 1.165) is 5.82 Å². The van der Waals surface area contributed by atoms with E-state index in [0.29, 0.717) is 13.2 Å². The number of hydrogen-bond acceptors (Lipinski definition) is 4. The molecule has 0 aliphatic rings. The molecular weight excluding hydrogens is 196 g/mol. The zero-order valence-electron chi connectivity index (χ0n) is 7.59. The van der Waals surface area contributed by atoms with Crippen LogP contribution in [0.1, 0.15) is 11.4 Å². The Kier molecular flexibility index (Phi) is 3.21. The van der Waals surface area contributed by atoms with Crippen molar-refractivity contribution >= 4 is 11.5 Å². The molecule has 0 amide bonds. The Hall–Kier alpha value is -1.26. The van der Waals surface area contributed by atoms with Crippen LogP contribution in [0.3, 0.4) is 0 Å². The van der Waals surface area contributed by atoms with Crippen LogP contribution >= 0.6 is 11.5 Å². The first kappa shape index (κ1) is 9.30. The first-order chi connectivity index (χ1) is 6.95. The van der Waals surface area contributed by atoms with Gasteiger partial charge in [-0.15, -0.1) is 0 Å². The molecule has 1 aromatic carbocycles. The van der Waals surface area contributed by atoms with Crippen molar-refractivity contribution in [2.75, 3.05) is 0 Å². The fourth-order valence-electron chi connectivity index (χ4n) is 1.09. The van der Waals surface area contributed by atoms with Gasteiger partial charge in [-0.25, -0.2) is 4.98 Å². The average molecular weight is 206 g/mol. The number of aromatic nitrogens is 2. The second kappa shape index (κ2) is 4.83. The van der Waals surface area contributed by atoms with Crippen LogP contribution in [0, 0.1) is 0 Å². The molecule has 0 aliphatic carbocycles. The first-order valence-corrected chi connectivity index (χ1v) is 5.16. The monoisotopic (exact) mass is 206 g/mol. The van der Waals surface area contributed by atoms with Crippen LogP contribution in [0.4, 0.5) is 0 Å². The fourth-order valence-corrected chi connectivity index (χ4v) is 1.53. The lowest BCUT2D eigenvalue weighted by Gasteiger charge is -2.00. The fraction of sp³-hybridized carbons (Fsp3) is 0.200. The molecule has 14 heavy (non-hydrogen) atoms. The molecule has 0 N–H and O–H groups in total. The molecule has 0 fully saturated rings. The summed E-state index contributed by atoms with van der Waals surface area (Å²) in [5.74, 6) is 0.755. The van der Waals surface area contributed by atoms with Gasteiger partial charge in [-0.2, -0.15) is 4.37 Å². The van der Waals surface area contributed by atoms with E-state index in [1.807, 2.05) is 30.3 Å². The van der Waals surface area contributed by atoms with Gasteiger partial charge in [0, 0.05) is 0 Å². The molecule has 0 aliphatic heterocycles. The van der Waals surface area contributed by atoms with Gasteiger partial charge in [0.25, 0.3) is 0 Å². The molecule has 2 rings (SSSR count). The van der Waals surface area contributed by atoms with Crippen molar-refractivity contribution in [3.05, 3.63) is 47.2 Å². The van der Waals surface area contributed by atoms with Crippen LogP contribution in [-0.4, -0.2) is 9.36 Å². The Bertz CT molecular complexity index is 361. The molecule has 0 bridgehead atoms. The van der Waals surface area contributed by atoms with Crippen molar-refractivity contribution in [2.45, 2.75) is 13.2 Å². The molecule has 0 saturated carbocycles. The maximum absolute atomic E-state index is 5.45. The second-order valence-electron chi connectivity index (χ2n) is 2.83. The topological polar surface area (TPSA) is 35.0 Å². The molecule has 2 aromatic rings. The lowest BCUT2D eigenvalue weighted by Crippen LogP contribution is -1.95. The quantitative estimate of drug-likeness (QED) is 0.769. The highest BCUT2D eigenvalue weighted by atomic mass is 32.1. The maximum Gasteiger partial charge on any atom is 0.167 e. The summed E-state index contributed by atoms with van der Waals surface area (Å²) in [5, 5.41) is 0. The minimum Gasteiger partial charge on any atom is -0.369 e. The molecule has 72 valence electrons. The van der Waals surface area contributed by atoms with Crippen LogP contribution in [0.2, 0.25) is 0 Å². The molecular formula is C10H10N2OS. The minimum absolute atomic E-state index is 0.485. The molecule has 4 heteroatoms. The third-order valence-electron chi connectivity index (χ3n) is 1.75. The maximum atomic E-state index is 5.45. The standard InChI is InChI=1S/C10H10N2OS/c1-2-4-9(5-3-1)6-13-7-10-11-8-14-12-10/h1-5,8H,6-7H2. The molecule has 0 atom stereocenters. The highest BCUT2D eigenvalue weighted by molar-refractivity contribution is 7.03. The zero-order valence-corrected chi connectivity index (χ0v) is 8.41. The Morgan fingerprint density at radius 3 is 2.71 bits per heavy atom. The molecule has 1 aromatic heterocycles. The lowest BCUT2D eigenvalue weighted by molar-refractivity contribution is 0.102. The van der Waals surface area contributed by atoms with Gasteiger partial charge >= 0.3 is 0 Å². The van der Waals surface area contributed by atoms with Gasteiger partial charge in [-0.1, -0.05) is 30.3 Å². The van der Waals surface area contributed by atoms with E-state index in [4.69, 9.17) is 4.74 Å². The van der Waals surface area contributed by atoms with E-state index in [1.165, 1.54) is 17.1 Å². The second-order valence-corrected chi connectivity index (χ2v) is 3.43. The van der Waals surface area contributed by atoms with Gasteiger partial charge in [-0.05, 0) is 17.1 Å². The molecule has 0 saturated heterocycles. The summed E-state index contributed by atoms with van der Waals surface area (Å²) in [4.78, 5) is 4.03. The smallest absolute Gasteiger partial charge is 0.167 e. The van der Waals surface area contributed by atoms with Crippen molar-refractivity contribution in [2.24, 2.45) is 0 Å².